The Morgan fingerprint density at radius 3 is 1.81 bits per heavy atom. The summed E-state index contributed by atoms with van der Waals surface area (Å²) in [6.07, 6.45) is -0.561. The second-order valence-corrected chi connectivity index (χ2v) is 8.48. The van der Waals surface area contributed by atoms with Crippen LogP contribution < -0.4 is 23.7 Å². The monoisotopic (exact) mass is 502 g/mol. The van der Waals surface area contributed by atoms with Crippen LogP contribution in [0.3, 0.4) is 0 Å². The van der Waals surface area contributed by atoms with Gasteiger partial charge in [0, 0.05) is 6.42 Å². The van der Waals surface area contributed by atoms with Gasteiger partial charge >= 0.3 is 11.9 Å². The molecule has 4 atom stereocenters. The van der Waals surface area contributed by atoms with Crippen molar-refractivity contribution in [3.63, 3.8) is 0 Å². The fourth-order valence-electron chi connectivity index (χ4n) is 5.47. The maximum Gasteiger partial charge on any atom is 0.312 e. The van der Waals surface area contributed by atoms with Gasteiger partial charge in [-0.1, -0.05) is 0 Å². The molecule has 2 aromatic rings. The third kappa shape index (κ3) is 3.67. The maximum atomic E-state index is 13.2. The lowest BCUT2D eigenvalue weighted by molar-refractivity contribution is -0.160. The van der Waals surface area contributed by atoms with Crippen LogP contribution in [0.2, 0.25) is 0 Å². The van der Waals surface area contributed by atoms with Gasteiger partial charge in [0.25, 0.3) is 0 Å². The lowest BCUT2D eigenvalue weighted by atomic mass is 9.66. The lowest BCUT2D eigenvalue weighted by Crippen LogP contribution is -2.45. The molecule has 10 nitrogen and oxygen atoms in total. The summed E-state index contributed by atoms with van der Waals surface area (Å²) in [5.41, 5.74) is 0.881. The van der Waals surface area contributed by atoms with Crippen molar-refractivity contribution in [1.82, 2.24) is 0 Å². The van der Waals surface area contributed by atoms with E-state index in [1.165, 1.54) is 49.8 Å². The van der Waals surface area contributed by atoms with Crippen molar-refractivity contribution in [2.45, 2.75) is 18.1 Å². The van der Waals surface area contributed by atoms with Gasteiger partial charge in [0.2, 0.25) is 5.75 Å². The van der Waals surface area contributed by atoms with E-state index in [1.54, 1.807) is 24.3 Å². The van der Waals surface area contributed by atoms with Crippen LogP contribution in [-0.4, -0.2) is 61.7 Å². The van der Waals surface area contributed by atoms with E-state index in [2.05, 4.69) is 0 Å². The van der Waals surface area contributed by atoms with Gasteiger partial charge < -0.3 is 37.9 Å². The first-order valence-electron chi connectivity index (χ1n) is 11.2. The van der Waals surface area contributed by atoms with Crippen LogP contribution in [0.15, 0.2) is 24.3 Å². The highest BCUT2D eigenvalue weighted by atomic mass is 16.6. The van der Waals surface area contributed by atoms with E-state index < -0.39 is 35.5 Å². The zero-order valence-electron chi connectivity index (χ0n) is 21.3. The highest BCUT2D eigenvalue weighted by Crippen LogP contribution is 2.64. The van der Waals surface area contributed by atoms with Crippen LogP contribution in [0.25, 0.3) is 0 Å². The first-order valence-corrected chi connectivity index (χ1v) is 11.2. The molecule has 0 aromatic heterocycles. The Balaban J connectivity index is 1.96. The number of fused-ring (bicyclic) bond motifs is 5. The number of carbonyl (C=O) groups excluding carboxylic acids is 2. The quantitative estimate of drug-likeness (QED) is 0.475. The molecule has 2 bridgehead atoms. The van der Waals surface area contributed by atoms with E-state index in [0.717, 1.165) is 11.1 Å². The molecule has 2 aliphatic heterocycles. The van der Waals surface area contributed by atoms with E-state index in [1.807, 2.05) is 0 Å². The number of methoxy groups -OCH3 is 7. The van der Waals surface area contributed by atoms with E-state index in [-0.39, 0.29) is 6.42 Å². The molecule has 0 aliphatic carbocycles. The molecule has 2 aromatic carbocycles. The van der Waals surface area contributed by atoms with Crippen LogP contribution in [0.5, 0.6) is 28.7 Å². The number of carbonyl (C=O) groups is 2. The van der Waals surface area contributed by atoms with Crippen LogP contribution in [0, 0.1) is 11.8 Å². The van der Waals surface area contributed by atoms with E-state index in [4.69, 9.17) is 37.9 Å². The molecule has 0 amide bonds. The number of rotatable bonds is 9. The van der Waals surface area contributed by atoms with Crippen molar-refractivity contribution in [1.29, 1.82) is 0 Å². The number of hydrogen-bond donors (Lipinski definition) is 0. The fraction of sp³-hybridized carbons (Fsp3) is 0.462. The Kier molecular flexibility index (Phi) is 6.90. The van der Waals surface area contributed by atoms with Crippen molar-refractivity contribution in [2.75, 3.05) is 49.8 Å². The number of benzene rings is 2. The molecule has 0 saturated carbocycles. The second-order valence-electron chi connectivity index (χ2n) is 8.48. The van der Waals surface area contributed by atoms with Gasteiger partial charge in [0.1, 0.15) is 17.4 Å². The molecule has 4 rings (SSSR count). The standard InChI is InChI=1S/C26H30O10/c1-29-16-10-14-15(11-17(16)30-2)26(12-13-8-18(31-3)23(33-5)19(9-13)32-4)21(25(28)35-7)20(22(14)36-26)24(27)34-6/h8-11,20-22H,12H2,1-7H3/t20?,21?,22-,26+/m1/s1. The summed E-state index contributed by atoms with van der Waals surface area (Å²) < 4.78 is 44.4. The van der Waals surface area contributed by atoms with E-state index in [9.17, 15) is 9.59 Å². The summed E-state index contributed by atoms with van der Waals surface area (Å²) in [5.74, 6) is -0.779. The van der Waals surface area contributed by atoms with Crippen LogP contribution >= 0.6 is 0 Å². The molecule has 36 heavy (non-hydrogen) atoms. The topological polar surface area (TPSA) is 108 Å². The minimum absolute atomic E-state index is 0.190. The predicted octanol–water partition coefficient (Wildman–Crippen LogP) is 2.83. The summed E-state index contributed by atoms with van der Waals surface area (Å²) in [6.45, 7) is 0. The van der Waals surface area contributed by atoms with Crippen LogP contribution in [-0.2, 0) is 35.8 Å². The molecule has 2 heterocycles. The highest BCUT2D eigenvalue weighted by Gasteiger charge is 2.68. The molecule has 2 unspecified atom stereocenters. The molecule has 0 spiro atoms. The Morgan fingerprint density at radius 2 is 1.31 bits per heavy atom. The minimum atomic E-state index is -1.27. The zero-order valence-corrected chi connectivity index (χ0v) is 21.3. The number of ether oxygens (including phenoxy) is 8. The molecule has 0 radical (unpaired) electrons. The van der Waals surface area contributed by atoms with Gasteiger partial charge in [-0.25, -0.2) is 0 Å². The molecule has 2 aliphatic rings. The van der Waals surface area contributed by atoms with Gasteiger partial charge in [-0.05, 0) is 41.0 Å². The van der Waals surface area contributed by atoms with Gasteiger partial charge in [0.05, 0.1) is 55.9 Å². The zero-order chi connectivity index (χ0) is 26.2. The van der Waals surface area contributed by atoms with Crippen LogP contribution in [0.4, 0.5) is 0 Å². The summed E-state index contributed by atoms with van der Waals surface area (Å²) in [6, 6.07) is 7.13. The molecular formula is C26H30O10. The smallest absolute Gasteiger partial charge is 0.312 e. The SMILES string of the molecule is COC(=O)C1C(C(=O)OC)[C@@]2(Cc3cc(OC)c(OC)c(OC)c3)O[C@@H]1c1cc(OC)c(OC)cc12. The Hall–Kier alpha value is -3.66. The first kappa shape index (κ1) is 25.4. The largest absolute Gasteiger partial charge is 0.493 e. The van der Waals surface area contributed by atoms with Gasteiger partial charge in [-0.15, -0.1) is 0 Å². The van der Waals surface area contributed by atoms with Crippen molar-refractivity contribution >= 4 is 11.9 Å². The van der Waals surface area contributed by atoms with Crippen LogP contribution in [0.1, 0.15) is 22.8 Å². The molecule has 1 saturated heterocycles. The van der Waals surface area contributed by atoms with E-state index in [0.29, 0.717) is 34.3 Å². The van der Waals surface area contributed by atoms with Gasteiger partial charge in [0.15, 0.2) is 23.0 Å². The lowest BCUT2D eigenvalue weighted by Gasteiger charge is -2.35. The number of esters is 2. The van der Waals surface area contributed by atoms with Crippen molar-refractivity contribution in [3.05, 3.63) is 41.0 Å². The van der Waals surface area contributed by atoms with Gasteiger partial charge in [-0.2, -0.15) is 0 Å². The highest BCUT2D eigenvalue weighted by molar-refractivity contribution is 5.86. The van der Waals surface area contributed by atoms with Gasteiger partial charge in [-0.3, -0.25) is 9.59 Å². The molecule has 1 fully saturated rings. The summed E-state index contributed by atoms with van der Waals surface area (Å²) in [4.78, 5) is 26.2. The molecule has 194 valence electrons. The van der Waals surface area contributed by atoms with Crippen molar-refractivity contribution in [3.8, 4) is 28.7 Å². The third-order valence-corrected chi connectivity index (χ3v) is 6.96. The Morgan fingerprint density at radius 1 is 0.750 bits per heavy atom. The average Bonchev–Trinajstić information content (AvgIpc) is 3.41. The average molecular weight is 503 g/mol. The maximum absolute atomic E-state index is 13.2. The Bertz CT molecular complexity index is 1150. The second kappa shape index (κ2) is 9.77. The third-order valence-electron chi connectivity index (χ3n) is 6.96. The summed E-state index contributed by atoms with van der Waals surface area (Å²) >= 11 is 0. The first-order chi connectivity index (χ1) is 17.3. The van der Waals surface area contributed by atoms with Crippen molar-refractivity contribution < 1.29 is 47.5 Å². The fourth-order valence-corrected chi connectivity index (χ4v) is 5.47. The Labute approximate surface area is 209 Å². The molecule has 0 N–H and O–H groups in total. The summed E-state index contributed by atoms with van der Waals surface area (Å²) in [5, 5.41) is 0. The molecular weight excluding hydrogens is 472 g/mol. The predicted molar refractivity (Wildman–Crippen MR) is 126 cm³/mol. The normalized spacial score (nSPS) is 23.5. The minimum Gasteiger partial charge on any atom is -0.493 e. The van der Waals surface area contributed by atoms with Crippen molar-refractivity contribution in [2.24, 2.45) is 11.8 Å². The summed E-state index contributed by atoms with van der Waals surface area (Å²) in [7, 11) is 10.2. The number of hydrogen-bond acceptors (Lipinski definition) is 10. The molecule has 10 heteroatoms. The van der Waals surface area contributed by atoms with E-state index >= 15 is 0 Å².